The van der Waals surface area contributed by atoms with Crippen LogP contribution in [0.25, 0.3) is 0 Å². The van der Waals surface area contributed by atoms with Crippen LogP contribution in [0.5, 0.6) is 0 Å². The van der Waals surface area contributed by atoms with Crippen LogP contribution in [0.3, 0.4) is 0 Å². The van der Waals surface area contributed by atoms with Gasteiger partial charge in [0.25, 0.3) is 0 Å². The molecule has 0 saturated heterocycles. The van der Waals surface area contributed by atoms with Crippen molar-refractivity contribution in [2.45, 2.75) is 19.3 Å². The lowest BCUT2D eigenvalue weighted by atomic mass is 9.72. The first-order chi connectivity index (χ1) is 5.90. The molecule has 0 spiro atoms. The second-order valence-electron chi connectivity index (χ2n) is 3.70. The van der Waals surface area contributed by atoms with Gasteiger partial charge in [0.05, 0.1) is 11.7 Å². The number of carboxylic acid groups (broad SMARTS) is 1. The number of hydrogen-bond acceptors (Lipinski definition) is 3. The summed E-state index contributed by atoms with van der Waals surface area (Å²) in [5, 5.41) is 8.68. The van der Waals surface area contributed by atoms with Gasteiger partial charge in [-0.05, 0) is 25.2 Å². The average molecular weight is 206 g/mol. The molecule has 0 aromatic rings. The van der Waals surface area contributed by atoms with E-state index in [0.717, 1.165) is 6.42 Å². The smallest absolute Gasteiger partial charge is 0.306 e. The molecule has 0 radical (unpaired) electrons. The molecule has 76 valence electrons. The minimum absolute atomic E-state index is 0.0761. The largest absolute Gasteiger partial charge is 0.481 e. The van der Waals surface area contributed by atoms with Crippen molar-refractivity contribution in [3.05, 3.63) is 0 Å². The van der Waals surface area contributed by atoms with E-state index in [1.807, 2.05) is 0 Å². The monoisotopic (exact) mass is 206 g/mol. The van der Waals surface area contributed by atoms with Crippen LogP contribution in [0.15, 0.2) is 0 Å². The van der Waals surface area contributed by atoms with Crippen molar-refractivity contribution in [2.75, 3.05) is 12.0 Å². The maximum atomic E-state index is 10.8. The van der Waals surface area contributed by atoms with E-state index in [-0.39, 0.29) is 17.6 Å². The standard InChI is InChI=1S/C8H14O4S/c1-13(11,12)5-4-6-2-3-7(6)8(9)10/h6-7H,2-5H2,1H3,(H,9,10). The van der Waals surface area contributed by atoms with Gasteiger partial charge in [-0.15, -0.1) is 0 Å². The van der Waals surface area contributed by atoms with E-state index in [4.69, 9.17) is 5.11 Å². The maximum absolute atomic E-state index is 10.8. The van der Waals surface area contributed by atoms with Crippen molar-refractivity contribution in [1.82, 2.24) is 0 Å². The molecule has 1 fully saturated rings. The van der Waals surface area contributed by atoms with Crippen LogP contribution in [-0.4, -0.2) is 31.5 Å². The summed E-state index contributed by atoms with van der Waals surface area (Å²) in [5.41, 5.74) is 0. The lowest BCUT2D eigenvalue weighted by Crippen LogP contribution is -2.33. The Bertz CT molecular complexity index is 293. The third kappa shape index (κ3) is 2.99. The number of carboxylic acids is 1. The van der Waals surface area contributed by atoms with E-state index in [9.17, 15) is 13.2 Å². The summed E-state index contributed by atoms with van der Waals surface area (Å²) >= 11 is 0. The first-order valence-electron chi connectivity index (χ1n) is 4.30. The van der Waals surface area contributed by atoms with Gasteiger partial charge in [0, 0.05) is 6.26 Å². The molecule has 1 aliphatic carbocycles. The molecular formula is C8H14O4S. The number of sulfone groups is 1. The van der Waals surface area contributed by atoms with Gasteiger partial charge < -0.3 is 5.11 Å². The highest BCUT2D eigenvalue weighted by Gasteiger charge is 2.36. The summed E-state index contributed by atoms with van der Waals surface area (Å²) in [5.74, 6) is -0.903. The molecule has 2 unspecified atom stereocenters. The van der Waals surface area contributed by atoms with Crippen LogP contribution in [0.2, 0.25) is 0 Å². The highest BCUT2D eigenvalue weighted by molar-refractivity contribution is 7.90. The van der Waals surface area contributed by atoms with Crippen LogP contribution in [0.1, 0.15) is 19.3 Å². The van der Waals surface area contributed by atoms with Gasteiger partial charge in [-0.1, -0.05) is 0 Å². The molecule has 0 aromatic carbocycles. The van der Waals surface area contributed by atoms with Crippen molar-refractivity contribution in [2.24, 2.45) is 11.8 Å². The zero-order valence-corrected chi connectivity index (χ0v) is 8.38. The summed E-state index contributed by atoms with van der Waals surface area (Å²) in [7, 11) is -2.94. The number of rotatable bonds is 4. The highest BCUT2D eigenvalue weighted by Crippen LogP contribution is 2.36. The number of hydrogen-bond donors (Lipinski definition) is 1. The normalized spacial score (nSPS) is 28.1. The second-order valence-corrected chi connectivity index (χ2v) is 5.96. The van der Waals surface area contributed by atoms with Crippen molar-refractivity contribution in [3.8, 4) is 0 Å². The Balaban J connectivity index is 2.35. The van der Waals surface area contributed by atoms with Gasteiger partial charge in [0.2, 0.25) is 0 Å². The third-order valence-electron chi connectivity index (χ3n) is 2.59. The van der Waals surface area contributed by atoms with Gasteiger partial charge in [-0.3, -0.25) is 4.79 Å². The maximum Gasteiger partial charge on any atom is 0.306 e. The van der Waals surface area contributed by atoms with E-state index < -0.39 is 15.8 Å². The summed E-state index contributed by atoms with van der Waals surface area (Å²) in [6, 6.07) is 0. The Labute approximate surface area is 77.9 Å². The van der Waals surface area contributed by atoms with Gasteiger partial charge in [0.15, 0.2) is 0 Å². The van der Waals surface area contributed by atoms with Crippen LogP contribution in [-0.2, 0) is 14.6 Å². The van der Waals surface area contributed by atoms with Gasteiger partial charge in [0.1, 0.15) is 9.84 Å². The van der Waals surface area contributed by atoms with Crippen LogP contribution in [0, 0.1) is 11.8 Å². The van der Waals surface area contributed by atoms with Crippen molar-refractivity contribution in [1.29, 1.82) is 0 Å². The number of carbonyl (C=O) groups is 1. The molecule has 0 heterocycles. The Morgan fingerprint density at radius 3 is 2.38 bits per heavy atom. The van der Waals surface area contributed by atoms with Crippen molar-refractivity contribution in [3.63, 3.8) is 0 Å². The predicted octanol–water partition coefficient (Wildman–Crippen LogP) is 0.532. The van der Waals surface area contributed by atoms with Gasteiger partial charge >= 0.3 is 5.97 Å². The van der Waals surface area contributed by atoms with Crippen LogP contribution < -0.4 is 0 Å². The zero-order chi connectivity index (χ0) is 10.1. The molecule has 1 saturated carbocycles. The predicted molar refractivity (Wildman–Crippen MR) is 48.2 cm³/mol. The van der Waals surface area contributed by atoms with Crippen LogP contribution in [0.4, 0.5) is 0 Å². The zero-order valence-electron chi connectivity index (χ0n) is 7.56. The van der Waals surface area contributed by atoms with E-state index in [2.05, 4.69) is 0 Å². The fraction of sp³-hybridized carbons (Fsp3) is 0.875. The summed E-state index contributed by atoms with van der Waals surface area (Å²) < 4.78 is 21.6. The quantitative estimate of drug-likeness (QED) is 0.728. The number of aliphatic carboxylic acids is 1. The SMILES string of the molecule is CS(=O)(=O)CCC1CCC1C(=O)O. The third-order valence-corrected chi connectivity index (χ3v) is 3.57. The molecule has 13 heavy (non-hydrogen) atoms. The first kappa shape index (κ1) is 10.5. The second kappa shape index (κ2) is 3.65. The summed E-state index contributed by atoms with van der Waals surface area (Å²) in [4.78, 5) is 10.6. The molecule has 1 aliphatic rings. The Morgan fingerprint density at radius 2 is 2.08 bits per heavy atom. The van der Waals surface area contributed by atoms with E-state index in [1.54, 1.807) is 0 Å². The molecule has 2 atom stereocenters. The Hall–Kier alpha value is -0.580. The molecule has 0 amide bonds. The van der Waals surface area contributed by atoms with Crippen molar-refractivity contribution < 1.29 is 18.3 Å². The van der Waals surface area contributed by atoms with E-state index in [0.29, 0.717) is 12.8 Å². The summed E-state index contributed by atoms with van der Waals surface area (Å²) in [6.45, 7) is 0. The van der Waals surface area contributed by atoms with Crippen LogP contribution >= 0.6 is 0 Å². The topological polar surface area (TPSA) is 71.4 Å². The molecule has 0 aliphatic heterocycles. The van der Waals surface area contributed by atoms with Gasteiger partial charge in [-0.2, -0.15) is 0 Å². The highest BCUT2D eigenvalue weighted by atomic mass is 32.2. The first-order valence-corrected chi connectivity index (χ1v) is 6.37. The lowest BCUT2D eigenvalue weighted by Gasteiger charge is -2.33. The fourth-order valence-corrected chi connectivity index (χ4v) is 2.34. The van der Waals surface area contributed by atoms with E-state index >= 15 is 0 Å². The molecule has 1 N–H and O–H groups in total. The molecular weight excluding hydrogens is 192 g/mol. The minimum Gasteiger partial charge on any atom is -0.481 e. The Morgan fingerprint density at radius 1 is 1.46 bits per heavy atom. The van der Waals surface area contributed by atoms with E-state index in [1.165, 1.54) is 6.26 Å². The Kier molecular flexibility index (Phi) is 2.95. The van der Waals surface area contributed by atoms with Crippen molar-refractivity contribution >= 4 is 15.8 Å². The fourth-order valence-electron chi connectivity index (χ4n) is 1.61. The molecule has 1 rings (SSSR count). The van der Waals surface area contributed by atoms with Gasteiger partial charge in [-0.25, -0.2) is 8.42 Å². The molecule has 5 heteroatoms. The molecule has 0 aromatic heterocycles. The minimum atomic E-state index is -2.94. The average Bonchev–Trinajstić information content (AvgIpc) is 1.79. The lowest BCUT2D eigenvalue weighted by molar-refractivity contribution is -0.147. The molecule has 4 nitrogen and oxygen atoms in total. The molecule has 0 bridgehead atoms. The summed E-state index contributed by atoms with van der Waals surface area (Å²) in [6.07, 6.45) is 3.23.